The maximum absolute atomic E-state index is 13.5. The number of aromatic nitrogens is 1. The highest BCUT2D eigenvalue weighted by Gasteiger charge is 2.46. The van der Waals surface area contributed by atoms with Crippen LogP contribution in [0.4, 0.5) is 4.39 Å². The summed E-state index contributed by atoms with van der Waals surface area (Å²) in [5, 5.41) is 7.50. The van der Waals surface area contributed by atoms with E-state index in [-0.39, 0.29) is 18.0 Å². The summed E-state index contributed by atoms with van der Waals surface area (Å²) in [5.41, 5.74) is 0.474. The molecule has 1 aromatic heterocycles. The molecule has 1 aromatic carbocycles. The monoisotopic (exact) mass is 482 g/mol. The van der Waals surface area contributed by atoms with Crippen molar-refractivity contribution in [1.82, 2.24) is 20.9 Å². The van der Waals surface area contributed by atoms with Crippen LogP contribution in [0.3, 0.4) is 0 Å². The van der Waals surface area contributed by atoms with Gasteiger partial charge in [0.05, 0.1) is 24.4 Å². The molecule has 1 aliphatic rings. The lowest BCUT2D eigenvalue weighted by Gasteiger charge is -2.26. The van der Waals surface area contributed by atoms with Crippen LogP contribution >= 0.6 is 0 Å². The Morgan fingerprint density at radius 2 is 1.69 bits per heavy atom. The lowest BCUT2D eigenvalue weighted by atomic mass is 9.85. The van der Waals surface area contributed by atoms with E-state index < -0.39 is 59.3 Å². The Kier molecular flexibility index (Phi) is 8.06. The second-order valence-corrected chi connectivity index (χ2v) is 8.80. The minimum atomic E-state index is -1.18. The molecule has 0 bridgehead atoms. The van der Waals surface area contributed by atoms with Crippen LogP contribution in [0.5, 0.6) is 0 Å². The van der Waals surface area contributed by atoms with Gasteiger partial charge in [-0.3, -0.25) is 29.3 Å². The summed E-state index contributed by atoms with van der Waals surface area (Å²) in [7, 11) is 0. The molecule has 2 heterocycles. The van der Waals surface area contributed by atoms with Crippen LogP contribution in [-0.4, -0.2) is 40.4 Å². The Morgan fingerprint density at radius 1 is 1.00 bits per heavy atom. The van der Waals surface area contributed by atoms with Crippen LogP contribution in [-0.2, 0) is 19.2 Å². The number of pyridine rings is 1. The van der Waals surface area contributed by atoms with Crippen LogP contribution < -0.4 is 16.0 Å². The van der Waals surface area contributed by atoms with Crippen molar-refractivity contribution < 1.29 is 28.4 Å². The van der Waals surface area contributed by atoms with Gasteiger partial charge in [-0.25, -0.2) is 4.98 Å². The lowest BCUT2D eigenvalue weighted by Crippen LogP contribution is -2.49. The molecule has 10 heteroatoms. The average Bonchev–Trinajstić information content (AvgIpc) is 3.07. The molecule has 3 rings (SSSR count). The standard InChI is InChI=1S/C25H27FN4O5/c1-13(2)21(22(32)20-14(3)23(33)30-25(20)35)29-19(31)12-17(15-8-5-4-6-9-15)28-24(34)16-10-7-11-18(26)27-16/h4-11,13-14,17,20-21H,12H2,1-3H3,(H,28,34)(H,29,31)(H,30,33,35)/t14-,17-,20+,21-/m0/s1. The zero-order chi connectivity index (χ0) is 25.7. The summed E-state index contributed by atoms with van der Waals surface area (Å²) >= 11 is 0. The molecule has 35 heavy (non-hydrogen) atoms. The van der Waals surface area contributed by atoms with Crippen molar-refractivity contribution >= 4 is 29.4 Å². The number of hydrogen-bond donors (Lipinski definition) is 3. The minimum Gasteiger partial charge on any atom is -0.346 e. The van der Waals surface area contributed by atoms with E-state index in [2.05, 4.69) is 20.9 Å². The number of imide groups is 1. The van der Waals surface area contributed by atoms with Crippen LogP contribution in [0.15, 0.2) is 48.5 Å². The average molecular weight is 483 g/mol. The van der Waals surface area contributed by atoms with Crippen LogP contribution in [0.1, 0.15) is 49.3 Å². The highest BCUT2D eigenvalue weighted by molar-refractivity contribution is 6.16. The van der Waals surface area contributed by atoms with Gasteiger partial charge in [0.25, 0.3) is 5.91 Å². The number of ketones is 1. The number of rotatable bonds is 9. The summed E-state index contributed by atoms with van der Waals surface area (Å²) in [5.74, 6) is -6.15. The number of amides is 4. The van der Waals surface area contributed by atoms with E-state index in [1.165, 1.54) is 19.1 Å². The summed E-state index contributed by atoms with van der Waals surface area (Å²) in [4.78, 5) is 66.3. The Morgan fingerprint density at radius 3 is 2.26 bits per heavy atom. The molecule has 2 aromatic rings. The first kappa shape index (κ1) is 25.7. The Bertz CT molecular complexity index is 1140. The summed E-state index contributed by atoms with van der Waals surface area (Å²) in [6, 6.07) is 10.7. The molecule has 9 nitrogen and oxygen atoms in total. The SMILES string of the molecule is CC(C)[C@H](NC(=O)C[C@H](NC(=O)c1cccc(F)n1)c1ccccc1)C(=O)[C@@H]1C(=O)NC(=O)[C@H]1C. The van der Waals surface area contributed by atoms with Gasteiger partial charge in [0, 0.05) is 0 Å². The van der Waals surface area contributed by atoms with Crippen molar-refractivity contribution in [2.75, 3.05) is 0 Å². The fourth-order valence-corrected chi connectivity index (χ4v) is 3.95. The molecule has 1 aliphatic heterocycles. The van der Waals surface area contributed by atoms with Gasteiger partial charge in [0.15, 0.2) is 5.78 Å². The molecular formula is C25H27FN4O5. The third-order valence-electron chi connectivity index (χ3n) is 5.88. The van der Waals surface area contributed by atoms with Crippen molar-refractivity contribution in [2.24, 2.45) is 17.8 Å². The molecule has 184 valence electrons. The number of Topliss-reactive ketones (excluding diaryl/α,β-unsaturated/α-hetero) is 1. The molecule has 0 spiro atoms. The quantitative estimate of drug-likeness (QED) is 0.283. The van der Waals surface area contributed by atoms with E-state index in [9.17, 15) is 28.4 Å². The zero-order valence-corrected chi connectivity index (χ0v) is 19.6. The molecule has 1 fully saturated rings. The van der Waals surface area contributed by atoms with Gasteiger partial charge in [0.2, 0.25) is 23.7 Å². The van der Waals surface area contributed by atoms with E-state index in [1.807, 2.05) is 0 Å². The summed E-state index contributed by atoms with van der Waals surface area (Å²) in [6.45, 7) is 4.92. The Hall–Kier alpha value is -3.95. The van der Waals surface area contributed by atoms with Crippen molar-refractivity contribution in [2.45, 2.75) is 39.3 Å². The van der Waals surface area contributed by atoms with Crippen molar-refractivity contribution in [3.63, 3.8) is 0 Å². The number of carbonyl (C=O) groups excluding carboxylic acids is 5. The van der Waals surface area contributed by atoms with Gasteiger partial charge in [0.1, 0.15) is 11.6 Å². The number of hydrogen-bond acceptors (Lipinski definition) is 6. The van der Waals surface area contributed by atoms with Crippen LogP contribution in [0.25, 0.3) is 0 Å². The van der Waals surface area contributed by atoms with Crippen molar-refractivity contribution in [3.05, 3.63) is 65.7 Å². The van der Waals surface area contributed by atoms with Gasteiger partial charge in [-0.1, -0.05) is 57.2 Å². The fourth-order valence-electron chi connectivity index (χ4n) is 3.95. The number of nitrogens with one attached hydrogen (secondary N) is 3. The van der Waals surface area contributed by atoms with Crippen LogP contribution in [0.2, 0.25) is 0 Å². The van der Waals surface area contributed by atoms with E-state index in [4.69, 9.17) is 0 Å². The summed E-state index contributed by atoms with van der Waals surface area (Å²) < 4.78 is 13.5. The van der Waals surface area contributed by atoms with Crippen molar-refractivity contribution in [3.8, 4) is 0 Å². The Labute approximate surface area is 201 Å². The number of benzene rings is 1. The molecule has 0 radical (unpaired) electrons. The normalized spacial score (nSPS) is 19.1. The fraction of sp³-hybridized carbons (Fsp3) is 0.360. The van der Waals surface area contributed by atoms with E-state index in [0.29, 0.717) is 5.56 Å². The maximum atomic E-state index is 13.5. The second-order valence-electron chi connectivity index (χ2n) is 8.80. The molecule has 3 N–H and O–H groups in total. The third-order valence-corrected chi connectivity index (χ3v) is 5.88. The van der Waals surface area contributed by atoms with Gasteiger partial charge >= 0.3 is 0 Å². The van der Waals surface area contributed by atoms with Crippen LogP contribution in [0, 0.1) is 23.7 Å². The van der Waals surface area contributed by atoms with Gasteiger partial charge in [-0.2, -0.15) is 4.39 Å². The highest BCUT2D eigenvalue weighted by Crippen LogP contribution is 2.24. The van der Waals surface area contributed by atoms with E-state index in [0.717, 1.165) is 6.07 Å². The first-order valence-corrected chi connectivity index (χ1v) is 11.2. The molecule has 0 unspecified atom stereocenters. The maximum Gasteiger partial charge on any atom is 0.270 e. The predicted molar refractivity (Wildman–Crippen MR) is 123 cm³/mol. The first-order valence-electron chi connectivity index (χ1n) is 11.2. The van der Waals surface area contributed by atoms with Gasteiger partial charge in [-0.05, 0) is 23.6 Å². The summed E-state index contributed by atoms with van der Waals surface area (Å²) in [6.07, 6.45) is -0.229. The lowest BCUT2D eigenvalue weighted by molar-refractivity contribution is -0.137. The highest BCUT2D eigenvalue weighted by atomic mass is 19.1. The molecular weight excluding hydrogens is 455 g/mol. The topological polar surface area (TPSA) is 134 Å². The van der Waals surface area contributed by atoms with E-state index in [1.54, 1.807) is 44.2 Å². The van der Waals surface area contributed by atoms with Gasteiger partial charge in [-0.15, -0.1) is 0 Å². The molecule has 0 saturated carbocycles. The van der Waals surface area contributed by atoms with E-state index >= 15 is 0 Å². The van der Waals surface area contributed by atoms with Gasteiger partial charge < -0.3 is 10.6 Å². The number of halogens is 1. The van der Waals surface area contributed by atoms with Crippen molar-refractivity contribution in [1.29, 1.82) is 0 Å². The second kappa shape index (κ2) is 11.0. The largest absolute Gasteiger partial charge is 0.346 e. The number of nitrogens with zero attached hydrogens (tertiary/aromatic N) is 1. The smallest absolute Gasteiger partial charge is 0.270 e. The minimum absolute atomic E-state index is 0.146. The third kappa shape index (κ3) is 6.14. The molecule has 0 aliphatic carbocycles. The molecule has 4 amide bonds. The Balaban J connectivity index is 1.77. The zero-order valence-electron chi connectivity index (χ0n) is 19.6. The number of carbonyl (C=O) groups is 5. The molecule has 1 saturated heterocycles. The predicted octanol–water partition coefficient (Wildman–Crippen LogP) is 1.70. The first-order chi connectivity index (χ1) is 16.6. The molecule has 4 atom stereocenters.